The highest BCUT2D eigenvalue weighted by Gasteiger charge is 2.44. The molecule has 1 aliphatic heterocycles. The van der Waals surface area contributed by atoms with Gasteiger partial charge in [0.1, 0.15) is 24.4 Å². The van der Waals surface area contributed by atoms with Crippen molar-refractivity contribution in [2.24, 2.45) is 0 Å². The van der Waals surface area contributed by atoms with Gasteiger partial charge in [-0.05, 0) is 5.56 Å². The van der Waals surface area contributed by atoms with Crippen LogP contribution in [-0.4, -0.2) is 64.3 Å². The number of benzene rings is 1. The lowest BCUT2D eigenvalue weighted by Crippen LogP contribution is -2.59. The summed E-state index contributed by atoms with van der Waals surface area (Å²) in [5.74, 6) is 0. The van der Waals surface area contributed by atoms with Crippen molar-refractivity contribution >= 4 is 6.08 Å². The van der Waals surface area contributed by atoms with Gasteiger partial charge in [-0.3, -0.25) is 0 Å². The van der Waals surface area contributed by atoms with Crippen molar-refractivity contribution in [2.45, 2.75) is 30.7 Å². The van der Waals surface area contributed by atoms with Crippen molar-refractivity contribution in [1.82, 2.24) is 0 Å². The third kappa shape index (κ3) is 4.10. The molecule has 0 unspecified atom stereocenters. The first-order valence-corrected chi connectivity index (χ1v) is 6.77. The Kier molecular flexibility index (Phi) is 5.86. The van der Waals surface area contributed by atoms with Gasteiger partial charge in [0, 0.05) is 0 Å². The van der Waals surface area contributed by atoms with Gasteiger partial charge in [0.15, 0.2) is 6.29 Å². The van der Waals surface area contributed by atoms with Gasteiger partial charge in [0.25, 0.3) is 0 Å². The highest BCUT2D eigenvalue weighted by molar-refractivity contribution is 5.48. The number of aliphatic hydroxyl groups excluding tert-OH is 4. The second-order valence-electron chi connectivity index (χ2n) is 4.84. The van der Waals surface area contributed by atoms with Crippen LogP contribution in [0.5, 0.6) is 0 Å². The average Bonchev–Trinajstić information content (AvgIpc) is 2.51. The van der Waals surface area contributed by atoms with Crippen molar-refractivity contribution < 1.29 is 29.9 Å². The van der Waals surface area contributed by atoms with Crippen molar-refractivity contribution in [3.63, 3.8) is 0 Å². The molecule has 116 valence electrons. The van der Waals surface area contributed by atoms with Crippen LogP contribution < -0.4 is 0 Å². The zero-order valence-electron chi connectivity index (χ0n) is 11.4. The summed E-state index contributed by atoms with van der Waals surface area (Å²) in [5, 5.41) is 38.3. The smallest absolute Gasteiger partial charge is 0.184 e. The summed E-state index contributed by atoms with van der Waals surface area (Å²) in [6, 6.07) is 9.60. The summed E-state index contributed by atoms with van der Waals surface area (Å²) in [6.45, 7) is -0.344. The van der Waals surface area contributed by atoms with Crippen molar-refractivity contribution in [3.8, 4) is 0 Å². The highest BCUT2D eigenvalue weighted by Crippen LogP contribution is 2.22. The van der Waals surface area contributed by atoms with E-state index in [0.717, 1.165) is 5.56 Å². The maximum Gasteiger partial charge on any atom is 0.184 e. The van der Waals surface area contributed by atoms with Gasteiger partial charge >= 0.3 is 0 Å². The fourth-order valence-corrected chi connectivity index (χ4v) is 2.17. The molecular weight excluding hydrogens is 276 g/mol. The number of rotatable bonds is 5. The van der Waals surface area contributed by atoms with E-state index in [1.807, 2.05) is 36.4 Å². The van der Waals surface area contributed by atoms with Crippen LogP contribution in [0, 0.1) is 0 Å². The molecule has 1 aromatic rings. The van der Waals surface area contributed by atoms with E-state index in [-0.39, 0.29) is 6.61 Å². The van der Waals surface area contributed by atoms with Gasteiger partial charge in [0.05, 0.1) is 13.2 Å². The molecule has 1 aliphatic rings. The first kappa shape index (κ1) is 16.1. The van der Waals surface area contributed by atoms with E-state index in [1.54, 1.807) is 6.08 Å². The van der Waals surface area contributed by atoms with Crippen LogP contribution in [0.25, 0.3) is 6.08 Å². The number of hydrogen-bond donors (Lipinski definition) is 4. The second-order valence-corrected chi connectivity index (χ2v) is 4.84. The van der Waals surface area contributed by atoms with E-state index >= 15 is 0 Å². The minimum atomic E-state index is -1.40. The molecule has 6 nitrogen and oxygen atoms in total. The predicted octanol–water partition coefficient (Wildman–Crippen LogP) is -0.484. The molecule has 0 bridgehead atoms. The Balaban J connectivity index is 1.86. The van der Waals surface area contributed by atoms with Crippen LogP contribution in [0.4, 0.5) is 0 Å². The molecule has 5 atom stereocenters. The molecule has 1 saturated heterocycles. The Bertz CT molecular complexity index is 449. The van der Waals surface area contributed by atoms with E-state index in [1.165, 1.54) is 0 Å². The number of hydrogen-bond acceptors (Lipinski definition) is 6. The van der Waals surface area contributed by atoms with Crippen LogP contribution >= 0.6 is 0 Å². The first-order chi connectivity index (χ1) is 10.1. The summed E-state index contributed by atoms with van der Waals surface area (Å²) in [7, 11) is 0. The lowest BCUT2D eigenvalue weighted by molar-refractivity contribution is -0.294. The molecule has 4 N–H and O–H groups in total. The Labute approximate surface area is 122 Å². The highest BCUT2D eigenvalue weighted by atomic mass is 16.7. The van der Waals surface area contributed by atoms with Gasteiger partial charge in [-0.25, -0.2) is 0 Å². The van der Waals surface area contributed by atoms with E-state index in [4.69, 9.17) is 14.6 Å². The predicted molar refractivity (Wildman–Crippen MR) is 75.2 cm³/mol. The molecule has 0 saturated carbocycles. The fraction of sp³-hybridized carbons (Fsp3) is 0.467. The summed E-state index contributed by atoms with van der Waals surface area (Å²) in [4.78, 5) is 0. The Morgan fingerprint density at radius 3 is 2.48 bits per heavy atom. The molecule has 0 spiro atoms. The van der Waals surface area contributed by atoms with Crippen molar-refractivity contribution in [2.75, 3.05) is 13.2 Å². The molecule has 0 aromatic heterocycles. The van der Waals surface area contributed by atoms with E-state index in [0.29, 0.717) is 0 Å². The van der Waals surface area contributed by atoms with Crippen LogP contribution in [0.3, 0.4) is 0 Å². The largest absolute Gasteiger partial charge is 0.394 e. The molecule has 1 fully saturated rings. The molecule has 21 heavy (non-hydrogen) atoms. The summed E-state index contributed by atoms with van der Waals surface area (Å²) >= 11 is 0. The quantitative estimate of drug-likeness (QED) is 0.585. The van der Waals surface area contributed by atoms with Gasteiger partial charge in [0.2, 0.25) is 0 Å². The molecule has 2 rings (SSSR count). The van der Waals surface area contributed by atoms with Gasteiger partial charge < -0.3 is 29.9 Å². The standard InChI is InChI=1S/C15H20O6/c16-9-11-12(17)13(18)14(15(19)21-11)20-8-4-7-10-5-2-1-3-6-10/h1-7,11-19H,8-9H2/b7-4+/t11-,12-,13+,14+,15+/m1/s1. The normalized spacial score (nSPS) is 33.4. The number of aliphatic hydroxyl groups is 4. The fourth-order valence-electron chi connectivity index (χ4n) is 2.17. The number of ether oxygens (including phenoxy) is 2. The molecule has 0 aliphatic carbocycles. The molecule has 0 amide bonds. The summed E-state index contributed by atoms with van der Waals surface area (Å²) < 4.78 is 10.3. The zero-order valence-corrected chi connectivity index (χ0v) is 11.4. The maximum absolute atomic E-state index is 9.88. The Morgan fingerprint density at radius 1 is 1.10 bits per heavy atom. The third-order valence-electron chi connectivity index (χ3n) is 3.34. The SMILES string of the molecule is OC[C@H]1O[C@H](O)[C@@H](OC/C=C/c2ccccc2)[C@@H](O)[C@@H]1O. The van der Waals surface area contributed by atoms with Crippen molar-refractivity contribution in [1.29, 1.82) is 0 Å². The molecular formula is C15H20O6. The van der Waals surface area contributed by atoms with E-state index < -0.39 is 37.3 Å². The van der Waals surface area contributed by atoms with E-state index in [9.17, 15) is 15.3 Å². The van der Waals surface area contributed by atoms with Crippen LogP contribution in [-0.2, 0) is 9.47 Å². The maximum atomic E-state index is 9.88. The average molecular weight is 296 g/mol. The van der Waals surface area contributed by atoms with Crippen LogP contribution in [0.1, 0.15) is 5.56 Å². The monoisotopic (exact) mass is 296 g/mol. The van der Waals surface area contributed by atoms with Crippen LogP contribution in [0.2, 0.25) is 0 Å². The molecule has 1 heterocycles. The summed E-state index contributed by atoms with van der Waals surface area (Å²) in [6.07, 6.45) is -2.53. The molecule has 1 aromatic carbocycles. The molecule has 6 heteroatoms. The molecule has 0 radical (unpaired) electrons. The summed E-state index contributed by atoms with van der Waals surface area (Å²) in [5.41, 5.74) is 1.00. The van der Waals surface area contributed by atoms with Gasteiger partial charge in [-0.1, -0.05) is 42.5 Å². The van der Waals surface area contributed by atoms with Gasteiger partial charge in [-0.15, -0.1) is 0 Å². The topological polar surface area (TPSA) is 99.4 Å². The third-order valence-corrected chi connectivity index (χ3v) is 3.34. The minimum Gasteiger partial charge on any atom is -0.394 e. The lowest BCUT2D eigenvalue weighted by Gasteiger charge is -2.39. The second kappa shape index (κ2) is 7.65. The zero-order chi connectivity index (χ0) is 15.2. The minimum absolute atomic E-state index is 0.146. The van der Waals surface area contributed by atoms with E-state index in [2.05, 4.69) is 0 Å². The van der Waals surface area contributed by atoms with Crippen LogP contribution in [0.15, 0.2) is 36.4 Å². The Hall–Kier alpha value is -1.28. The van der Waals surface area contributed by atoms with Gasteiger partial charge in [-0.2, -0.15) is 0 Å². The first-order valence-electron chi connectivity index (χ1n) is 6.77. The Morgan fingerprint density at radius 2 is 1.81 bits per heavy atom. The van der Waals surface area contributed by atoms with Crippen molar-refractivity contribution in [3.05, 3.63) is 42.0 Å². The lowest BCUT2D eigenvalue weighted by atomic mass is 9.99.